The maximum Gasteiger partial charge on any atom is 0.235 e. The van der Waals surface area contributed by atoms with Gasteiger partial charge in [-0.2, -0.15) is 9.61 Å². The quantitative estimate of drug-likeness (QED) is 0.676. The molecule has 0 saturated carbocycles. The molecule has 3 rings (SSSR count). The largest absolute Gasteiger partial charge is 0.235 e. The van der Waals surface area contributed by atoms with E-state index in [4.69, 9.17) is 0 Å². The summed E-state index contributed by atoms with van der Waals surface area (Å²) < 4.78 is 2.89. The smallest absolute Gasteiger partial charge is 0.186 e. The molecule has 3 aromatic rings. The van der Waals surface area contributed by atoms with Crippen molar-refractivity contribution in [1.82, 2.24) is 19.8 Å². The Labute approximate surface area is 123 Å². The fraction of sp³-hybridized carbons (Fsp3) is 0.308. The highest BCUT2D eigenvalue weighted by Crippen LogP contribution is 2.32. The van der Waals surface area contributed by atoms with Crippen LogP contribution in [0, 0.1) is 0 Å². The second-order valence-corrected chi connectivity index (χ2v) is 7.17. The Kier molecular flexibility index (Phi) is 2.94. The van der Waals surface area contributed by atoms with Gasteiger partial charge in [-0.25, -0.2) is 0 Å². The highest BCUT2D eigenvalue weighted by Gasteiger charge is 2.23. The van der Waals surface area contributed by atoms with Gasteiger partial charge in [-0.3, -0.25) is 0 Å². The van der Waals surface area contributed by atoms with E-state index in [1.54, 1.807) is 11.3 Å². The Balaban J connectivity index is 2.18. The van der Waals surface area contributed by atoms with Gasteiger partial charge in [0.05, 0.1) is 0 Å². The van der Waals surface area contributed by atoms with E-state index in [0.29, 0.717) is 0 Å². The molecule has 0 atom stereocenters. The van der Waals surface area contributed by atoms with Crippen molar-refractivity contribution in [3.8, 4) is 10.6 Å². The molecule has 0 saturated heterocycles. The Bertz CT molecular complexity index is 739. The van der Waals surface area contributed by atoms with Crippen molar-refractivity contribution in [2.24, 2.45) is 0 Å². The third-order valence-corrected chi connectivity index (χ3v) is 4.39. The summed E-state index contributed by atoms with van der Waals surface area (Å²) in [5.41, 5.74) is 1.01. The Hall–Kier alpha value is -1.27. The number of aromatic nitrogens is 4. The van der Waals surface area contributed by atoms with Gasteiger partial charge in [0.1, 0.15) is 5.01 Å². The van der Waals surface area contributed by atoms with Gasteiger partial charge in [-0.05, 0) is 6.07 Å². The van der Waals surface area contributed by atoms with Crippen molar-refractivity contribution in [3.63, 3.8) is 0 Å². The summed E-state index contributed by atoms with van der Waals surface area (Å²) in [6, 6.07) is 8.07. The fourth-order valence-corrected chi connectivity index (χ4v) is 3.31. The minimum atomic E-state index is -0.0708. The highest BCUT2D eigenvalue weighted by atomic mass is 79.9. The molecule has 0 fully saturated rings. The molecule has 1 aromatic carbocycles. The van der Waals surface area contributed by atoms with Crippen LogP contribution >= 0.6 is 27.3 Å². The van der Waals surface area contributed by atoms with Crippen LogP contribution in [0.15, 0.2) is 28.7 Å². The van der Waals surface area contributed by atoms with Gasteiger partial charge >= 0.3 is 0 Å². The summed E-state index contributed by atoms with van der Waals surface area (Å²) in [4.78, 5) is 0.829. The Morgan fingerprint density at radius 2 is 1.89 bits per heavy atom. The molecule has 19 heavy (non-hydrogen) atoms. The predicted octanol–water partition coefficient (Wildman–Crippen LogP) is 3.91. The third kappa shape index (κ3) is 2.19. The van der Waals surface area contributed by atoms with E-state index in [-0.39, 0.29) is 5.41 Å². The third-order valence-electron chi connectivity index (χ3n) is 2.77. The zero-order valence-corrected chi connectivity index (χ0v) is 13.3. The average Bonchev–Trinajstić information content (AvgIpc) is 2.86. The number of benzene rings is 1. The number of rotatable bonds is 1. The molecule has 0 aliphatic rings. The van der Waals surface area contributed by atoms with Gasteiger partial charge in [0.25, 0.3) is 0 Å². The van der Waals surface area contributed by atoms with Crippen LogP contribution in [0.3, 0.4) is 0 Å². The number of hydrogen-bond donors (Lipinski definition) is 0. The lowest BCUT2D eigenvalue weighted by molar-refractivity contribution is 0.528. The number of halogens is 1. The van der Waals surface area contributed by atoms with Crippen molar-refractivity contribution in [1.29, 1.82) is 0 Å². The van der Waals surface area contributed by atoms with E-state index in [1.807, 2.05) is 28.8 Å². The van der Waals surface area contributed by atoms with E-state index >= 15 is 0 Å². The van der Waals surface area contributed by atoms with Crippen LogP contribution in [-0.2, 0) is 5.41 Å². The summed E-state index contributed by atoms with van der Waals surface area (Å²) in [5.74, 6) is 0.886. The van der Waals surface area contributed by atoms with Gasteiger partial charge in [-0.1, -0.05) is 66.2 Å². The van der Waals surface area contributed by atoms with E-state index in [9.17, 15) is 0 Å². The van der Waals surface area contributed by atoms with Gasteiger partial charge in [-0.15, -0.1) is 10.2 Å². The van der Waals surface area contributed by atoms with Gasteiger partial charge < -0.3 is 0 Å². The number of hydrogen-bond acceptors (Lipinski definition) is 4. The van der Waals surface area contributed by atoms with Crippen molar-refractivity contribution in [2.75, 3.05) is 0 Å². The van der Waals surface area contributed by atoms with Crippen molar-refractivity contribution < 1.29 is 0 Å². The van der Waals surface area contributed by atoms with Gasteiger partial charge in [0.2, 0.25) is 4.96 Å². The van der Waals surface area contributed by atoms with E-state index in [2.05, 4.69) is 52.0 Å². The van der Waals surface area contributed by atoms with Crippen molar-refractivity contribution in [2.45, 2.75) is 26.2 Å². The summed E-state index contributed by atoms with van der Waals surface area (Å²) in [5, 5.41) is 14.0. The second kappa shape index (κ2) is 4.38. The molecule has 0 N–H and O–H groups in total. The monoisotopic (exact) mass is 336 g/mol. The van der Waals surface area contributed by atoms with E-state index in [0.717, 1.165) is 25.8 Å². The first-order valence-corrected chi connectivity index (χ1v) is 7.55. The van der Waals surface area contributed by atoms with E-state index < -0.39 is 0 Å². The second-order valence-electron chi connectivity index (χ2n) is 5.36. The Morgan fingerprint density at radius 1 is 1.16 bits per heavy atom. The van der Waals surface area contributed by atoms with Crippen LogP contribution in [0.2, 0.25) is 0 Å². The maximum absolute atomic E-state index is 4.65. The molecular formula is C13H13BrN4S. The number of fused-ring (bicyclic) bond motifs is 1. The summed E-state index contributed by atoms with van der Waals surface area (Å²) in [6.45, 7) is 6.34. The Morgan fingerprint density at radius 3 is 2.58 bits per heavy atom. The lowest BCUT2D eigenvalue weighted by Gasteiger charge is -2.13. The summed E-state index contributed by atoms with van der Waals surface area (Å²) >= 11 is 5.11. The molecule has 0 spiro atoms. The summed E-state index contributed by atoms with van der Waals surface area (Å²) in [6.07, 6.45) is 0. The molecular weight excluding hydrogens is 324 g/mol. The summed E-state index contributed by atoms with van der Waals surface area (Å²) in [7, 11) is 0. The van der Waals surface area contributed by atoms with Crippen LogP contribution in [0.25, 0.3) is 15.5 Å². The lowest BCUT2D eigenvalue weighted by atomic mass is 9.96. The molecule has 0 aliphatic carbocycles. The molecule has 0 unspecified atom stereocenters. The molecule has 2 aromatic heterocycles. The van der Waals surface area contributed by atoms with Crippen molar-refractivity contribution >= 4 is 32.2 Å². The normalized spacial score (nSPS) is 12.2. The average molecular weight is 337 g/mol. The van der Waals surface area contributed by atoms with Crippen LogP contribution in [-0.4, -0.2) is 19.8 Å². The molecule has 0 amide bonds. The van der Waals surface area contributed by atoms with Crippen LogP contribution in [0.5, 0.6) is 0 Å². The van der Waals surface area contributed by atoms with Crippen molar-refractivity contribution in [3.05, 3.63) is 34.6 Å². The minimum Gasteiger partial charge on any atom is -0.186 e. The molecule has 0 radical (unpaired) electrons. The van der Waals surface area contributed by atoms with E-state index in [1.165, 1.54) is 0 Å². The molecule has 4 nitrogen and oxygen atoms in total. The first-order chi connectivity index (χ1) is 8.97. The topological polar surface area (TPSA) is 43.1 Å². The lowest BCUT2D eigenvalue weighted by Crippen LogP contribution is -2.16. The zero-order valence-electron chi connectivity index (χ0n) is 10.9. The van der Waals surface area contributed by atoms with Crippen LogP contribution in [0.1, 0.15) is 26.6 Å². The standard InChI is InChI=1S/C13H13BrN4S/c1-13(2,3)11-15-16-12-18(11)17-10(19-12)8-6-4-5-7-9(8)14/h4-7H,1-3H3. The molecule has 6 heteroatoms. The minimum absolute atomic E-state index is 0.0708. The first-order valence-electron chi connectivity index (χ1n) is 5.94. The fourth-order valence-electron chi connectivity index (χ4n) is 1.83. The molecule has 98 valence electrons. The zero-order chi connectivity index (χ0) is 13.6. The van der Waals surface area contributed by atoms with Gasteiger partial charge in [0.15, 0.2) is 5.82 Å². The van der Waals surface area contributed by atoms with Gasteiger partial charge in [0, 0.05) is 15.5 Å². The SMILES string of the molecule is CC(C)(C)c1nnc2sc(-c3ccccc3Br)nn12. The predicted molar refractivity (Wildman–Crippen MR) is 80.5 cm³/mol. The first kappa shape index (κ1) is 12.7. The molecule has 0 bridgehead atoms. The molecule has 0 aliphatic heterocycles. The molecule has 2 heterocycles. The van der Waals surface area contributed by atoms with Crippen LogP contribution < -0.4 is 0 Å². The maximum atomic E-state index is 4.65. The highest BCUT2D eigenvalue weighted by molar-refractivity contribution is 9.10. The number of nitrogens with zero attached hydrogens (tertiary/aromatic N) is 4. The van der Waals surface area contributed by atoms with Crippen LogP contribution in [0.4, 0.5) is 0 Å².